The first-order valence-electron chi connectivity index (χ1n) is 10.2. The van der Waals surface area contributed by atoms with Gasteiger partial charge in [0.25, 0.3) is 5.91 Å². The monoisotopic (exact) mass is 579 g/mol. The molecule has 0 fully saturated rings. The van der Waals surface area contributed by atoms with Crippen LogP contribution < -0.4 is 19.2 Å². The fourth-order valence-corrected chi connectivity index (χ4v) is 4.14. The van der Waals surface area contributed by atoms with E-state index in [0.29, 0.717) is 44.4 Å². The number of halogens is 2. The molecule has 1 amide bonds. The zero-order valence-electron chi connectivity index (χ0n) is 19.2. The number of anilines is 1. The summed E-state index contributed by atoms with van der Waals surface area (Å²) >= 11 is 9.41. The van der Waals surface area contributed by atoms with Gasteiger partial charge >= 0.3 is 0 Å². The van der Waals surface area contributed by atoms with Crippen molar-refractivity contribution in [2.24, 2.45) is 5.10 Å². The highest BCUT2D eigenvalue weighted by Gasteiger charge is 2.14. The quantitative estimate of drug-likeness (QED) is 0.288. The van der Waals surface area contributed by atoms with Crippen LogP contribution in [0.5, 0.6) is 11.5 Å². The van der Waals surface area contributed by atoms with E-state index in [9.17, 15) is 13.2 Å². The first-order valence-corrected chi connectivity index (χ1v) is 13.2. The zero-order valence-corrected chi connectivity index (χ0v) is 22.3. The molecule has 0 aliphatic heterocycles. The lowest BCUT2D eigenvalue weighted by molar-refractivity contribution is 0.0955. The Labute approximate surface area is 217 Å². The molecule has 0 aliphatic carbocycles. The molecule has 0 saturated heterocycles. The predicted octanol–water partition coefficient (Wildman–Crippen LogP) is 4.85. The fraction of sp³-hybridized carbons (Fsp3) is 0.167. The summed E-state index contributed by atoms with van der Waals surface area (Å²) < 4.78 is 36.4. The van der Waals surface area contributed by atoms with Crippen LogP contribution in [0.4, 0.5) is 5.69 Å². The first-order chi connectivity index (χ1) is 16.6. The van der Waals surface area contributed by atoms with Crippen molar-refractivity contribution in [3.8, 4) is 11.5 Å². The number of carbonyl (C=O) groups excluding carboxylic acids is 1. The number of hydrazone groups is 1. The summed E-state index contributed by atoms with van der Waals surface area (Å²) in [4.78, 5) is 12.4. The molecular weight excluding hydrogens is 558 g/mol. The van der Waals surface area contributed by atoms with Crippen molar-refractivity contribution in [1.82, 2.24) is 5.43 Å². The Morgan fingerprint density at radius 1 is 1.14 bits per heavy atom. The van der Waals surface area contributed by atoms with Crippen LogP contribution in [0.3, 0.4) is 0 Å². The number of ether oxygens (including phenoxy) is 2. The van der Waals surface area contributed by atoms with Crippen LogP contribution in [0.1, 0.15) is 21.5 Å². The number of hydrogen-bond acceptors (Lipinski definition) is 6. The molecule has 184 valence electrons. The number of methoxy groups -OCH3 is 1. The molecule has 0 unspecified atom stereocenters. The number of sulfonamides is 1. The normalized spacial score (nSPS) is 11.3. The third kappa shape index (κ3) is 7.20. The van der Waals surface area contributed by atoms with Gasteiger partial charge in [-0.1, -0.05) is 23.7 Å². The van der Waals surface area contributed by atoms with Crippen LogP contribution in [0, 0.1) is 0 Å². The maximum Gasteiger partial charge on any atom is 0.271 e. The number of benzene rings is 3. The molecule has 11 heteroatoms. The minimum absolute atomic E-state index is 0.328. The molecule has 3 aromatic carbocycles. The van der Waals surface area contributed by atoms with Crippen molar-refractivity contribution < 1.29 is 22.7 Å². The summed E-state index contributed by atoms with van der Waals surface area (Å²) in [6, 6.07) is 17.0. The van der Waals surface area contributed by atoms with Gasteiger partial charge in [0.2, 0.25) is 10.0 Å². The van der Waals surface area contributed by atoms with E-state index >= 15 is 0 Å². The highest BCUT2D eigenvalue weighted by Crippen LogP contribution is 2.37. The van der Waals surface area contributed by atoms with Gasteiger partial charge in [0.1, 0.15) is 6.61 Å². The summed E-state index contributed by atoms with van der Waals surface area (Å²) in [7, 11) is -0.413. The summed E-state index contributed by atoms with van der Waals surface area (Å²) in [6.07, 6.45) is 2.58. The molecule has 0 spiro atoms. The minimum atomic E-state index is -3.38. The van der Waals surface area contributed by atoms with E-state index in [1.54, 1.807) is 36.4 Å². The van der Waals surface area contributed by atoms with E-state index in [-0.39, 0.29) is 0 Å². The standard InChI is InChI=1S/C24H23BrClN3O5S/c1-29(35(3,31)32)20-10-6-18(7-11-20)24(30)28-27-14-17-12-21(25)23(22(13-17)33-2)34-15-16-4-8-19(26)9-5-16/h4-14H,15H2,1-3H3,(H,28,30)/b27-14-. The predicted molar refractivity (Wildman–Crippen MR) is 141 cm³/mol. The van der Waals surface area contributed by atoms with Crippen LogP contribution in [0.25, 0.3) is 0 Å². The van der Waals surface area contributed by atoms with Crippen molar-refractivity contribution in [1.29, 1.82) is 0 Å². The van der Waals surface area contributed by atoms with Crippen LogP contribution in [0.15, 0.2) is 70.2 Å². The fourth-order valence-electron chi connectivity index (χ4n) is 2.93. The van der Waals surface area contributed by atoms with Crippen LogP contribution in [-0.4, -0.2) is 41.0 Å². The van der Waals surface area contributed by atoms with E-state index in [0.717, 1.165) is 16.1 Å². The second kappa shape index (κ2) is 11.6. The average Bonchev–Trinajstić information content (AvgIpc) is 2.83. The molecule has 0 bridgehead atoms. The van der Waals surface area contributed by atoms with Crippen molar-refractivity contribution in [2.75, 3.05) is 24.7 Å². The largest absolute Gasteiger partial charge is 0.493 e. The van der Waals surface area contributed by atoms with E-state index in [4.69, 9.17) is 21.1 Å². The number of nitrogens with one attached hydrogen (secondary N) is 1. The molecule has 35 heavy (non-hydrogen) atoms. The van der Waals surface area contributed by atoms with Gasteiger partial charge in [-0.3, -0.25) is 9.10 Å². The van der Waals surface area contributed by atoms with E-state index in [2.05, 4.69) is 26.5 Å². The van der Waals surface area contributed by atoms with Gasteiger partial charge in [0, 0.05) is 17.6 Å². The van der Waals surface area contributed by atoms with E-state index in [1.165, 1.54) is 32.5 Å². The number of amides is 1. The molecular formula is C24H23BrClN3O5S. The van der Waals surface area contributed by atoms with Crippen LogP contribution in [-0.2, 0) is 16.6 Å². The summed E-state index contributed by atoms with van der Waals surface area (Å²) in [5, 5.41) is 4.65. The maximum atomic E-state index is 12.4. The van der Waals surface area contributed by atoms with Gasteiger partial charge in [-0.15, -0.1) is 0 Å². The smallest absolute Gasteiger partial charge is 0.271 e. The Hall–Kier alpha value is -3.08. The van der Waals surface area contributed by atoms with Gasteiger partial charge in [0.05, 0.1) is 29.7 Å². The van der Waals surface area contributed by atoms with E-state index in [1.807, 2.05) is 12.1 Å². The Bertz CT molecular complexity index is 1330. The number of nitrogens with zero attached hydrogens (tertiary/aromatic N) is 2. The molecule has 0 atom stereocenters. The lowest BCUT2D eigenvalue weighted by Crippen LogP contribution is -2.25. The molecule has 3 aromatic rings. The molecule has 8 nitrogen and oxygen atoms in total. The molecule has 1 N–H and O–H groups in total. The molecule has 0 heterocycles. The molecule has 0 saturated carbocycles. The Kier molecular flexibility index (Phi) is 8.76. The number of rotatable bonds is 9. The number of carbonyl (C=O) groups is 1. The number of hydrogen-bond donors (Lipinski definition) is 1. The third-order valence-electron chi connectivity index (χ3n) is 4.92. The zero-order chi connectivity index (χ0) is 25.6. The van der Waals surface area contributed by atoms with E-state index < -0.39 is 15.9 Å². The van der Waals surface area contributed by atoms with Crippen molar-refractivity contribution in [2.45, 2.75) is 6.61 Å². The summed E-state index contributed by atoms with van der Waals surface area (Å²) in [6.45, 7) is 0.328. The van der Waals surface area contributed by atoms with Crippen LogP contribution in [0.2, 0.25) is 5.02 Å². The molecule has 0 aromatic heterocycles. The van der Waals surface area contributed by atoms with Gasteiger partial charge in [-0.25, -0.2) is 13.8 Å². The Morgan fingerprint density at radius 3 is 2.40 bits per heavy atom. The van der Waals surface area contributed by atoms with Crippen molar-refractivity contribution in [3.05, 3.63) is 86.8 Å². The lowest BCUT2D eigenvalue weighted by atomic mass is 10.2. The highest BCUT2D eigenvalue weighted by atomic mass is 79.9. The maximum absolute atomic E-state index is 12.4. The van der Waals surface area contributed by atoms with Crippen molar-refractivity contribution in [3.63, 3.8) is 0 Å². The van der Waals surface area contributed by atoms with Gasteiger partial charge in [-0.05, 0) is 75.6 Å². The first kappa shape index (κ1) is 26.5. The molecule has 0 radical (unpaired) electrons. The van der Waals surface area contributed by atoms with Gasteiger partial charge < -0.3 is 9.47 Å². The SMILES string of the molecule is COc1cc(/C=N\NC(=O)c2ccc(N(C)S(C)(=O)=O)cc2)cc(Br)c1OCc1ccc(Cl)cc1. The Balaban J connectivity index is 1.65. The third-order valence-corrected chi connectivity index (χ3v) is 6.97. The van der Waals surface area contributed by atoms with Crippen molar-refractivity contribution >= 4 is 55.4 Å². The van der Waals surface area contributed by atoms with Gasteiger partial charge in [0.15, 0.2) is 11.5 Å². The molecule has 0 aliphatic rings. The second-order valence-corrected chi connectivity index (χ2v) is 10.7. The van der Waals surface area contributed by atoms with Crippen LogP contribution >= 0.6 is 27.5 Å². The summed E-state index contributed by atoms with van der Waals surface area (Å²) in [5.74, 6) is 0.582. The Morgan fingerprint density at radius 2 is 1.80 bits per heavy atom. The topological polar surface area (TPSA) is 97.3 Å². The lowest BCUT2D eigenvalue weighted by Gasteiger charge is -2.16. The minimum Gasteiger partial charge on any atom is -0.493 e. The average molecular weight is 581 g/mol. The second-order valence-electron chi connectivity index (χ2n) is 7.43. The molecule has 3 rings (SSSR count). The summed E-state index contributed by atoms with van der Waals surface area (Å²) in [5.41, 5.74) is 4.84. The highest BCUT2D eigenvalue weighted by molar-refractivity contribution is 9.10. The van der Waals surface area contributed by atoms with Gasteiger partial charge in [-0.2, -0.15) is 5.10 Å².